The maximum atomic E-state index is 10.6. The van der Waals surface area contributed by atoms with Crippen LogP contribution in [0.15, 0.2) is 12.1 Å². The van der Waals surface area contributed by atoms with Crippen LogP contribution in [0, 0.1) is 0 Å². The van der Waals surface area contributed by atoms with E-state index in [1.54, 1.807) is 11.8 Å². The summed E-state index contributed by atoms with van der Waals surface area (Å²) in [5.74, 6) is 1.03. The van der Waals surface area contributed by atoms with Gasteiger partial charge in [-0.05, 0) is 45.9 Å². The number of benzene rings is 1. The van der Waals surface area contributed by atoms with Crippen molar-refractivity contribution in [3.05, 3.63) is 28.8 Å². The molecule has 0 saturated carbocycles. The number of aromatic hydroxyl groups is 1. The molecule has 3 heteroatoms. The van der Waals surface area contributed by atoms with Gasteiger partial charge in [-0.25, -0.2) is 0 Å². The van der Waals surface area contributed by atoms with Crippen molar-refractivity contribution >= 4 is 11.8 Å². The van der Waals surface area contributed by atoms with Gasteiger partial charge >= 0.3 is 0 Å². The molecule has 2 N–H and O–H groups in total. The van der Waals surface area contributed by atoms with Crippen LogP contribution < -0.4 is 0 Å². The summed E-state index contributed by atoms with van der Waals surface area (Å²) in [6.07, 6.45) is 1.49. The summed E-state index contributed by atoms with van der Waals surface area (Å²) in [6, 6.07) is 3.90. The van der Waals surface area contributed by atoms with Gasteiger partial charge in [0, 0.05) is 5.75 Å². The lowest BCUT2D eigenvalue weighted by Crippen LogP contribution is -2.18. The molecule has 114 valence electrons. The molecule has 2 nitrogen and oxygen atoms in total. The second-order valence-corrected chi connectivity index (χ2v) is 8.35. The standard InChI is InChI=1S/C17H28O2S/c1-16(2,3)12-8-11(14(18)10-20-7)9-13(15(12)19)17(4,5)6/h8-9,14,18-19H,10H2,1-7H3. The van der Waals surface area contributed by atoms with Crippen LogP contribution in [0.25, 0.3) is 0 Å². The first kappa shape index (κ1) is 17.4. The summed E-state index contributed by atoms with van der Waals surface area (Å²) in [4.78, 5) is 0. The maximum absolute atomic E-state index is 10.6. The van der Waals surface area contributed by atoms with Gasteiger partial charge in [0.15, 0.2) is 0 Å². The number of hydrogen-bond donors (Lipinski definition) is 2. The van der Waals surface area contributed by atoms with Gasteiger partial charge in [0.2, 0.25) is 0 Å². The predicted octanol–water partition coefficient (Wildman–Crippen LogP) is 4.38. The zero-order valence-corrected chi connectivity index (χ0v) is 14.6. The Morgan fingerprint density at radius 1 is 1.00 bits per heavy atom. The van der Waals surface area contributed by atoms with Crippen molar-refractivity contribution in [2.75, 3.05) is 12.0 Å². The van der Waals surface area contributed by atoms with Crippen molar-refractivity contribution in [3.8, 4) is 5.75 Å². The molecular formula is C17H28O2S. The summed E-state index contributed by atoms with van der Waals surface area (Å²) < 4.78 is 0. The Kier molecular flexibility index (Phi) is 5.20. The van der Waals surface area contributed by atoms with Crippen molar-refractivity contribution in [2.24, 2.45) is 0 Å². The molecule has 1 aromatic rings. The van der Waals surface area contributed by atoms with Gasteiger partial charge in [0.05, 0.1) is 6.10 Å². The first-order chi connectivity index (χ1) is 8.98. The molecule has 0 fully saturated rings. The van der Waals surface area contributed by atoms with E-state index in [1.165, 1.54) is 0 Å². The average Bonchev–Trinajstić information content (AvgIpc) is 2.26. The largest absolute Gasteiger partial charge is 0.507 e. The Labute approximate surface area is 127 Å². The highest BCUT2D eigenvalue weighted by molar-refractivity contribution is 7.98. The van der Waals surface area contributed by atoms with E-state index < -0.39 is 6.10 Å². The minimum Gasteiger partial charge on any atom is -0.507 e. The minimum absolute atomic E-state index is 0.154. The average molecular weight is 296 g/mol. The van der Waals surface area contributed by atoms with Crippen LogP contribution in [0.5, 0.6) is 5.75 Å². The fraction of sp³-hybridized carbons (Fsp3) is 0.647. The fourth-order valence-electron chi connectivity index (χ4n) is 2.25. The lowest BCUT2D eigenvalue weighted by Gasteiger charge is -2.29. The SMILES string of the molecule is CSCC(O)c1cc(C(C)(C)C)c(O)c(C(C)(C)C)c1. The van der Waals surface area contributed by atoms with Crippen LogP contribution in [0.2, 0.25) is 0 Å². The van der Waals surface area contributed by atoms with Crippen molar-refractivity contribution < 1.29 is 10.2 Å². The molecule has 1 unspecified atom stereocenters. The van der Waals surface area contributed by atoms with Gasteiger partial charge in [-0.2, -0.15) is 11.8 Å². The van der Waals surface area contributed by atoms with Crippen LogP contribution in [0.3, 0.4) is 0 Å². The molecule has 1 rings (SSSR count). The van der Waals surface area contributed by atoms with E-state index in [2.05, 4.69) is 41.5 Å². The second-order valence-electron chi connectivity index (χ2n) is 7.44. The smallest absolute Gasteiger partial charge is 0.123 e. The Morgan fingerprint density at radius 2 is 1.40 bits per heavy atom. The molecule has 0 aliphatic rings. The molecule has 0 amide bonds. The van der Waals surface area contributed by atoms with E-state index in [0.717, 1.165) is 16.7 Å². The summed E-state index contributed by atoms with van der Waals surface area (Å²) in [5.41, 5.74) is 2.39. The van der Waals surface area contributed by atoms with E-state index in [-0.39, 0.29) is 10.8 Å². The van der Waals surface area contributed by atoms with Gasteiger partial charge in [-0.3, -0.25) is 0 Å². The predicted molar refractivity (Wildman–Crippen MR) is 88.8 cm³/mol. The van der Waals surface area contributed by atoms with Crippen molar-refractivity contribution in [1.29, 1.82) is 0 Å². The van der Waals surface area contributed by atoms with E-state index in [4.69, 9.17) is 0 Å². The van der Waals surface area contributed by atoms with Crippen LogP contribution >= 0.6 is 11.8 Å². The van der Waals surface area contributed by atoms with Gasteiger partial charge in [0.1, 0.15) is 5.75 Å². The number of thioether (sulfide) groups is 1. The van der Waals surface area contributed by atoms with Gasteiger partial charge in [0.25, 0.3) is 0 Å². The molecular weight excluding hydrogens is 268 g/mol. The van der Waals surface area contributed by atoms with Crippen molar-refractivity contribution in [2.45, 2.75) is 58.5 Å². The first-order valence-electron chi connectivity index (χ1n) is 7.03. The Hall–Kier alpha value is -0.670. The lowest BCUT2D eigenvalue weighted by atomic mass is 9.78. The maximum Gasteiger partial charge on any atom is 0.123 e. The van der Waals surface area contributed by atoms with E-state index in [9.17, 15) is 10.2 Å². The fourth-order valence-corrected chi connectivity index (χ4v) is 2.75. The number of aliphatic hydroxyl groups excluding tert-OH is 1. The normalized spacial score (nSPS) is 14.4. The Bertz CT molecular complexity index is 432. The van der Waals surface area contributed by atoms with Gasteiger partial charge < -0.3 is 10.2 Å². The summed E-state index contributed by atoms with van der Waals surface area (Å²) in [7, 11) is 0. The van der Waals surface area contributed by atoms with E-state index in [1.807, 2.05) is 18.4 Å². The molecule has 1 aromatic carbocycles. The number of hydrogen-bond acceptors (Lipinski definition) is 3. The first-order valence-corrected chi connectivity index (χ1v) is 8.42. The van der Waals surface area contributed by atoms with Gasteiger partial charge in [-0.15, -0.1) is 0 Å². The Morgan fingerprint density at radius 3 is 1.70 bits per heavy atom. The van der Waals surface area contributed by atoms with Crippen LogP contribution in [-0.2, 0) is 10.8 Å². The van der Waals surface area contributed by atoms with Gasteiger partial charge in [-0.1, -0.05) is 41.5 Å². The number of aliphatic hydroxyl groups is 1. The Balaban J connectivity index is 3.50. The summed E-state index contributed by atoms with van der Waals surface area (Å²) in [5, 5.41) is 20.9. The molecule has 0 bridgehead atoms. The number of phenolic OH excluding ortho intramolecular Hbond substituents is 1. The third-order valence-corrected chi connectivity index (χ3v) is 4.11. The molecule has 0 heterocycles. The third-order valence-electron chi connectivity index (χ3n) is 3.46. The molecule has 0 radical (unpaired) electrons. The molecule has 0 saturated heterocycles. The zero-order chi connectivity index (χ0) is 15.7. The van der Waals surface area contributed by atoms with E-state index >= 15 is 0 Å². The molecule has 0 aliphatic carbocycles. The van der Waals surface area contributed by atoms with Crippen molar-refractivity contribution in [1.82, 2.24) is 0 Å². The quantitative estimate of drug-likeness (QED) is 0.869. The van der Waals surface area contributed by atoms with Crippen LogP contribution in [0.4, 0.5) is 0 Å². The highest BCUT2D eigenvalue weighted by Gasteiger charge is 2.27. The van der Waals surface area contributed by atoms with Crippen LogP contribution in [-0.4, -0.2) is 22.2 Å². The number of phenols is 1. The zero-order valence-electron chi connectivity index (χ0n) is 13.7. The lowest BCUT2D eigenvalue weighted by molar-refractivity contribution is 0.203. The monoisotopic (exact) mass is 296 g/mol. The molecule has 1 atom stereocenters. The highest BCUT2D eigenvalue weighted by Crippen LogP contribution is 2.41. The molecule has 20 heavy (non-hydrogen) atoms. The molecule has 0 aliphatic heterocycles. The third kappa shape index (κ3) is 3.92. The molecule has 0 spiro atoms. The minimum atomic E-state index is -0.493. The topological polar surface area (TPSA) is 40.5 Å². The summed E-state index contributed by atoms with van der Waals surface area (Å²) >= 11 is 1.62. The molecule has 0 aromatic heterocycles. The van der Waals surface area contributed by atoms with E-state index in [0.29, 0.717) is 11.5 Å². The number of rotatable bonds is 3. The highest BCUT2D eigenvalue weighted by atomic mass is 32.2. The second kappa shape index (κ2) is 5.98. The van der Waals surface area contributed by atoms with Crippen LogP contribution in [0.1, 0.15) is 64.3 Å². The van der Waals surface area contributed by atoms with Crippen molar-refractivity contribution in [3.63, 3.8) is 0 Å². The summed E-state index contributed by atoms with van der Waals surface area (Å²) in [6.45, 7) is 12.5.